The second kappa shape index (κ2) is 3.93. The van der Waals surface area contributed by atoms with Gasteiger partial charge in [-0.2, -0.15) is 0 Å². The van der Waals surface area contributed by atoms with Crippen molar-refractivity contribution in [1.29, 1.82) is 0 Å². The maximum atomic E-state index is 12.4. The van der Waals surface area contributed by atoms with Crippen molar-refractivity contribution in [2.24, 2.45) is 0 Å². The molecule has 5 nitrogen and oxygen atoms in total. The van der Waals surface area contributed by atoms with Crippen LogP contribution in [0.25, 0.3) is 5.69 Å². The highest BCUT2D eigenvalue weighted by Gasteiger charge is 2.26. The number of hydrogen-bond acceptors (Lipinski definition) is 3. The zero-order valence-electron chi connectivity index (χ0n) is 10.8. The molecule has 1 aliphatic rings. The normalized spacial score (nSPS) is 16.9. The van der Waals surface area contributed by atoms with E-state index in [9.17, 15) is 14.7 Å². The van der Waals surface area contributed by atoms with E-state index in [4.69, 9.17) is 0 Å². The summed E-state index contributed by atoms with van der Waals surface area (Å²) in [6, 6.07) is 7.31. The molecule has 1 aromatic heterocycles. The molecule has 0 aliphatic carbocycles. The van der Waals surface area contributed by atoms with Crippen molar-refractivity contribution in [2.45, 2.75) is 26.5 Å². The van der Waals surface area contributed by atoms with Crippen LogP contribution >= 0.6 is 0 Å². The summed E-state index contributed by atoms with van der Waals surface area (Å²) in [5, 5.41) is 10.1. The highest BCUT2D eigenvalue weighted by atomic mass is 16.3. The lowest BCUT2D eigenvalue weighted by atomic mass is 10.1. The molecule has 0 bridgehead atoms. The van der Waals surface area contributed by atoms with Crippen LogP contribution in [-0.2, 0) is 6.42 Å². The van der Waals surface area contributed by atoms with Crippen molar-refractivity contribution in [3.05, 3.63) is 61.7 Å². The first-order chi connectivity index (χ1) is 9.02. The predicted molar refractivity (Wildman–Crippen MR) is 70.7 cm³/mol. The molecule has 98 valence electrons. The fourth-order valence-corrected chi connectivity index (χ4v) is 2.51. The van der Waals surface area contributed by atoms with E-state index in [0.29, 0.717) is 23.2 Å². The third-order valence-electron chi connectivity index (χ3n) is 3.72. The largest absolute Gasteiger partial charge is 0.371 e. The summed E-state index contributed by atoms with van der Waals surface area (Å²) in [4.78, 5) is 24.6. The number of benzene rings is 1. The minimum atomic E-state index is -1.01. The number of aromatic nitrogens is 2. The summed E-state index contributed by atoms with van der Waals surface area (Å²) < 4.78 is 2.43. The van der Waals surface area contributed by atoms with Gasteiger partial charge in [0.15, 0.2) is 6.23 Å². The Kier molecular flexibility index (Phi) is 2.46. The molecule has 0 radical (unpaired) electrons. The zero-order chi connectivity index (χ0) is 13.7. The van der Waals surface area contributed by atoms with Crippen molar-refractivity contribution in [3.63, 3.8) is 0 Å². The lowest BCUT2D eigenvalue weighted by Crippen LogP contribution is -2.45. The van der Waals surface area contributed by atoms with Crippen molar-refractivity contribution in [2.75, 3.05) is 0 Å². The molecule has 19 heavy (non-hydrogen) atoms. The predicted octanol–water partition coefficient (Wildman–Crippen LogP) is 0.663. The molecule has 1 aromatic carbocycles. The van der Waals surface area contributed by atoms with Crippen LogP contribution in [0.4, 0.5) is 0 Å². The molecule has 2 aromatic rings. The number of hydrogen-bond donors (Lipinski definition) is 1. The molecular weight excluding hydrogens is 244 g/mol. The molecule has 0 saturated heterocycles. The molecule has 1 N–H and O–H groups in total. The molecular formula is C14H14N2O3. The average Bonchev–Trinajstić information content (AvgIpc) is 2.41. The average molecular weight is 258 g/mol. The van der Waals surface area contributed by atoms with E-state index in [1.54, 1.807) is 19.9 Å². The van der Waals surface area contributed by atoms with E-state index in [1.807, 2.05) is 18.2 Å². The van der Waals surface area contributed by atoms with Gasteiger partial charge in [-0.25, -0.2) is 9.36 Å². The minimum absolute atomic E-state index is 0.261. The van der Waals surface area contributed by atoms with Gasteiger partial charge in [-0.05, 0) is 25.5 Å². The monoisotopic (exact) mass is 258 g/mol. The molecule has 0 amide bonds. The Hall–Kier alpha value is -2.14. The van der Waals surface area contributed by atoms with Crippen LogP contribution in [0.15, 0.2) is 33.9 Å². The summed E-state index contributed by atoms with van der Waals surface area (Å²) in [7, 11) is 0. The lowest BCUT2D eigenvalue weighted by molar-refractivity contribution is 0.0690. The summed E-state index contributed by atoms with van der Waals surface area (Å²) >= 11 is 0. The maximum Gasteiger partial charge on any atom is 0.273 e. The molecule has 5 heteroatoms. The van der Waals surface area contributed by atoms with Gasteiger partial charge in [-0.1, -0.05) is 18.2 Å². The topological polar surface area (TPSA) is 64.2 Å². The zero-order valence-corrected chi connectivity index (χ0v) is 10.8. The lowest BCUT2D eigenvalue weighted by Gasteiger charge is -2.28. The van der Waals surface area contributed by atoms with Crippen molar-refractivity contribution in [3.8, 4) is 5.69 Å². The van der Waals surface area contributed by atoms with Gasteiger partial charge in [0.2, 0.25) is 0 Å². The molecule has 0 spiro atoms. The van der Waals surface area contributed by atoms with E-state index in [1.165, 1.54) is 4.68 Å². The Morgan fingerprint density at radius 2 is 1.74 bits per heavy atom. The van der Waals surface area contributed by atoms with E-state index in [0.717, 1.165) is 10.2 Å². The van der Waals surface area contributed by atoms with Gasteiger partial charge >= 0.3 is 0 Å². The SMILES string of the molecule is Cc1c(C)c(=O)n2n(c1=O)-c1ccccc1CC2O. The van der Waals surface area contributed by atoms with Gasteiger partial charge in [0.25, 0.3) is 11.1 Å². The number of para-hydroxylation sites is 1. The van der Waals surface area contributed by atoms with Crippen LogP contribution in [0.5, 0.6) is 0 Å². The van der Waals surface area contributed by atoms with Crippen molar-refractivity contribution >= 4 is 0 Å². The van der Waals surface area contributed by atoms with Crippen molar-refractivity contribution in [1.82, 2.24) is 9.36 Å². The van der Waals surface area contributed by atoms with E-state index >= 15 is 0 Å². The van der Waals surface area contributed by atoms with Gasteiger partial charge in [0.1, 0.15) is 0 Å². The molecule has 1 unspecified atom stereocenters. The quantitative estimate of drug-likeness (QED) is 0.755. The standard InChI is InChI=1S/C14H14N2O3/c1-8-9(2)14(19)16-12(17)7-10-5-3-4-6-11(10)15(16)13(8)18/h3-6,12,17H,7H2,1-2H3. The Bertz CT molecular complexity index is 786. The number of fused-ring (bicyclic) bond motifs is 3. The summed E-state index contributed by atoms with van der Waals surface area (Å²) in [6.45, 7) is 3.25. The second-order valence-electron chi connectivity index (χ2n) is 4.83. The first-order valence-corrected chi connectivity index (χ1v) is 6.13. The smallest absolute Gasteiger partial charge is 0.273 e. The number of aliphatic hydroxyl groups excluding tert-OH is 1. The van der Waals surface area contributed by atoms with Crippen LogP contribution in [0.3, 0.4) is 0 Å². The van der Waals surface area contributed by atoms with Crippen molar-refractivity contribution < 1.29 is 5.11 Å². The summed E-state index contributed by atoms with van der Waals surface area (Å²) in [5.41, 5.74) is 1.75. The molecule has 1 atom stereocenters. The Balaban J connectivity index is 2.52. The summed E-state index contributed by atoms with van der Waals surface area (Å²) in [5.74, 6) is 0. The highest BCUT2D eigenvalue weighted by Crippen LogP contribution is 2.23. The van der Waals surface area contributed by atoms with Gasteiger partial charge < -0.3 is 5.11 Å². The fourth-order valence-electron chi connectivity index (χ4n) is 2.51. The van der Waals surface area contributed by atoms with Crippen LogP contribution in [0, 0.1) is 13.8 Å². The third kappa shape index (κ3) is 1.51. The molecule has 1 aliphatic heterocycles. The highest BCUT2D eigenvalue weighted by molar-refractivity contribution is 5.43. The van der Waals surface area contributed by atoms with Crippen LogP contribution < -0.4 is 11.1 Å². The molecule has 2 heterocycles. The fraction of sp³-hybridized carbons (Fsp3) is 0.286. The second-order valence-corrected chi connectivity index (χ2v) is 4.83. The number of rotatable bonds is 0. The molecule has 0 fully saturated rings. The van der Waals surface area contributed by atoms with E-state index in [2.05, 4.69) is 0 Å². The van der Waals surface area contributed by atoms with E-state index in [-0.39, 0.29) is 11.1 Å². The molecule has 3 rings (SSSR count). The maximum absolute atomic E-state index is 12.4. The van der Waals surface area contributed by atoms with Gasteiger partial charge in [0.05, 0.1) is 5.69 Å². The van der Waals surface area contributed by atoms with Gasteiger partial charge in [0, 0.05) is 17.5 Å². The number of aliphatic hydroxyl groups is 1. The van der Waals surface area contributed by atoms with Crippen LogP contribution in [-0.4, -0.2) is 14.5 Å². The van der Waals surface area contributed by atoms with Crippen LogP contribution in [0.2, 0.25) is 0 Å². The Labute approximate surface area is 109 Å². The minimum Gasteiger partial charge on any atom is -0.371 e. The Morgan fingerprint density at radius 1 is 1.11 bits per heavy atom. The van der Waals surface area contributed by atoms with E-state index < -0.39 is 6.23 Å². The number of nitrogens with zero attached hydrogens (tertiary/aromatic N) is 2. The third-order valence-corrected chi connectivity index (χ3v) is 3.72. The van der Waals surface area contributed by atoms with Gasteiger partial charge in [-0.15, -0.1) is 0 Å². The first kappa shape index (κ1) is 11.9. The summed E-state index contributed by atoms with van der Waals surface area (Å²) in [6.07, 6.45) is -0.674. The molecule has 0 saturated carbocycles. The Morgan fingerprint density at radius 3 is 2.47 bits per heavy atom. The first-order valence-electron chi connectivity index (χ1n) is 6.13. The van der Waals surface area contributed by atoms with Crippen LogP contribution in [0.1, 0.15) is 22.9 Å². The van der Waals surface area contributed by atoms with Gasteiger partial charge in [-0.3, -0.25) is 9.59 Å².